The molecule has 0 fully saturated rings. The molecule has 4 heteroatoms. The zero-order valence-electron chi connectivity index (χ0n) is 14.5. The van der Waals surface area contributed by atoms with Crippen molar-refractivity contribution in [3.05, 3.63) is 52.0 Å². The molecule has 0 aliphatic heterocycles. The van der Waals surface area contributed by atoms with Gasteiger partial charge in [0.05, 0.1) is 5.01 Å². The van der Waals surface area contributed by atoms with Crippen molar-refractivity contribution < 1.29 is 4.79 Å². The molecule has 0 radical (unpaired) electrons. The average Bonchev–Trinajstić information content (AvgIpc) is 2.94. The van der Waals surface area contributed by atoms with Gasteiger partial charge < -0.3 is 4.90 Å². The van der Waals surface area contributed by atoms with Crippen LogP contribution in [0.25, 0.3) is 0 Å². The van der Waals surface area contributed by atoms with Crippen molar-refractivity contribution in [2.75, 3.05) is 13.1 Å². The first-order valence-electron chi connectivity index (χ1n) is 8.23. The first-order chi connectivity index (χ1) is 11.0. The van der Waals surface area contributed by atoms with Crippen molar-refractivity contribution in [1.82, 2.24) is 9.88 Å². The zero-order chi connectivity index (χ0) is 16.8. The second kappa shape index (κ2) is 8.25. The molecule has 0 saturated heterocycles. The van der Waals surface area contributed by atoms with Gasteiger partial charge in [0.15, 0.2) is 0 Å². The number of carbonyl (C=O) groups is 1. The fourth-order valence-electron chi connectivity index (χ4n) is 2.54. The first kappa shape index (κ1) is 17.7. The molecule has 2 rings (SSSR count). The number of hydrogen-bond acceptors (Lipinski definition) is 3. The van der Waals surface area contributed by atoms with E-state index in [0.29, 0.717) is 17.5 Å². The number of benzene rings is 1. The van der Waals surface area contributed by atoms with E-state index in [1.807, 2.05) is 28.5 Å². The van der Waals surface area contributed by atoms with Crippen molar-refractivity contribution in [1.29, 1.82) is 0 Å². The fourth-order valence-corrected chi connectivity index (χ4v) is 3.35. The topological polar surface area (TPSA) is 33.2 Å². The standard InChI is InChI=1S/C19H26N2OS/c1-14(2)11-21(12-15(3)4)19(22)17-13-23-18(20-17)10-16-8-6-5-7-9-16/h5-9,13-15H,10-12H2,1-4H3. The zero-order valence-corrected chi connectivity index (χ0v) is 15.3. The Morgan fingerprint density at radius 2 is 1.70 bits per heavy atom. The van der Waals surface area contributed by atoms with E-state index in [0.717, 1.165) is 24.5 Å². The maximum absolute atomic E-state index is 12.8. The van der Waals surface area contributed by atoms with E-state index in [1.165, 1.54) is 5.56 Å². The van der Waals surface area contributed by atoms with Crippen LogP contribution >= 0.6 is 11.3 Å². The van der Waals surface area contributed by atoms with Crippen LogP contribution in [-0.2, 0) is 6.42 Å². The van der Waals surface area contributed by atoms with Crippen molar-refractivity contribution in [3.8, 4) is 0 Å². The van der Waals surface area contributed by atoms with Crippen LogP contribution in [0.2, 0.25) is 0 Å². The highest BCUT2D eigenvalue weighted by atomic mass is 32.1. The fraction of sp³-hybridized carbons (Fsp3) is 0.474. The van der Waals surface area contributed by atoms with E-state index < -0.39 is 0 Å². The van der Waals surface area contributed by atoms with Gasteiger partial charge in [-0.1, -0.05) is 58.0 Å². The van der Waals surface area contributed by atoms with Crippen molar-refractivity contribution in [2.45, 2.75) is 34.1 Å². The molecular formula is C19H26N2OS. The summed E-state index contributed by atoms with van der Waals surface area (Å²) in [6.45, 7) is 10.1. The van der Waals surface area contributed by atoms with E-state index in [4.69, 9.17) is 0 Å². The molecule has 0 atom stereocenters. The van der Waals surface area contributed by atoms with Crippen molar-refractivity contribution in [2.24, 2.45) is 11.8 Å². The molecule has 0 N–H and O–H groups in total. The summed E-state index contributed by atoms with van der Waals surface area (Å²) in [7, 11) is 0. The molecule has 0 aliphatic carbocycles. The molecular weight excluding hydrogens is 304 g/mol. The lowest BCUT2D eigenvalue weighted by Crippen LogP contribution is -2.37. The SMILES string of the molecule is CC(C)CN(CC(C)C)C(=O)c1csc(Cc2ccccc2)n1. The molecule has 1 amide bonds. The highest BCUT2D eigenvalue weighted by Crippen LogP contribution is 2.17. The van der Waals surface area contributed by atoms with Gasteiger partial charge in [-0.05, 0) is 17.4 Å². The largest absolute Gasteiger partial charge is 0.337 e. The third kappa shape index (κ3) is 5.47. The van der Waals surface area contributed by atoms with Crippen LogP contribution in [-0.4, -0.2) is 28.9 Å². The maximum Gasteiger partial charge on any atom is 0.273 e. The normalized spacial score (nSPS) is 11.2. The summed E-state index contributed by atoms with van der Waals surface area (Å²) in [6, 6.07) is 10.2. The van der Waals surface area contributed by atoms with Gasteiger partial charge in [-0.15, -0.1) is 11.3 Å². The Hall–Kier alpha value is -1.68. The van der Waals surface area contributed by atoms with Gasteiger partial charge in [-0.2, -0.15) is 0 Å². The van der Waals surface area contributed by atoms with Crippen LogP contribution in [0, 0.1) is 11.8 Å². The molecule has 0 saturated carbocycles. The predicted octanol–water partition coefficient (Wildman–Crippen LogP) is 4.49. The number of hydrogen-bond donors (Lipinski definition) is 0. The Balaban J connectivity index is 2.09. The van der Waals surface area contributed by atoms with Crippen molar-refractivity contribution >= 4 is 17.2 Å². The Morgan fingerprint density at radius 3 is 2.26 bits per heavy atom. The lowest BCUT2D eigenvalue weighted by molar-refractivity contribution is 0.0710. The number of rotatable bonds is 7. The molecule has 0 aliphatic rings. The average molecular weight is 330 g/mol. The van der Waals surface area contributed by atoms with Gasteiger partial charge in [-0.25, -0.2) is 4.98 Å². The molecule has 1 aromatic heterocycles. The smallest absolute Gasteiger partial charge is 0.273 e. The summed E-state index contributed by atoms with van der Waals surface area (Å²) in [6.07, 6.45) is 0.785. The minimum absolute atomic E-state index is 0.0583. The second-order valence-corrected chi connectivity index (χ2v) is 7.73. The van der Waals surface area contributed by atoms with E-state index in [-0.39, 0.29) is 5.91 Å². The Kier molecular flexibility index (Phi) is 6.34. The highest BCUT2D eigenvalue weighted by Gasteiger charge is 2.20. The van der Waals surface area contributed by atoms with Gasteiger partial charge >= 0.3 is 0 Å². The monoisotopic (exact) mass is 330 g/mol. The van der Waals surface area contributed by atoms with Gasteiger partial charge in [0.25, 0.3) is 5.91 Å². The van der Waals surface area contributed by atoms with Gasteiger partial charge in [-0.3, -0.25) is 4.79 Å². The quantitative estimate of drug-likeness (QED) is 0.749. The summed E-state index contributed by atoms with van der Waals surface area (Å²) in [4.78, 5) is 19.3. The number of carbonyl (C=O) groups excluding carboxylic acids is 1. The summed E-state index contributed by atoms with van der Waals surface area (Å²) < 4.78 is 0. The lowest BCUT2D eigenvalue weighted by Gasteiger charge is -2.25. The van der Waals surface area contributed by atoms with E-state index in [9.17, 15) is 4.79 Å². The third-order valence-corrected chi connectivity index (χ3v) is 4.28. The van der Waals surface area contributed by atoms with Crippen molar-refractivity contribution in [3.63, 3.8) is 0 Å². The number of nitrogens with zero attached hydrogens (tertiary/aromatic N) is 2. The summed E-state index contributed by atoms with van der Waals surface area (Å²) in [5.41, 5.74) is 1.81. The van der Waals surface area contributed by atoms with Crippen LogP contribution in [0.3, 0.4) is 0 Å². The molecule has 3 nitrogen and oxygen atoms in total. The van der Waals surface area contributed by atoms with E-state index in [2.05, 4.69) is 44.8 Å². The first-order valence-corrected chi connectivity index (χ1v) is 9.11. The molecule has 1 aromatic carbocycles. The van der Waals surface area contributed by atoms with Gasteiger partial charge in [0.2, 0.25) is 0 Å². The molecule has 0 spiro atoms. The molecule has 1 heterocycles. The van der Waals surface area contributed by atoms with Crippen LogP contribution in [0.4, 0.5) is 0 Å². The van der Waals surface area contributed by atoms with Crippen LogP contribution in [0.5, 0.6) is 0 Å². The summed E-state index contributed by atoms with van der Waals surface area (Å²) in [5, 5.41) is 2.89. The summed E-state index contributed by atoms with van der Waals surface area (Å²) in [5.74, 6) is 0.975. The highest BCUT2D eigenvalue weighted by molar-refractivity contribution is 7.09. The van der Waals surface area contributed by atoms with E-state index in [1.54, 1.807) is 11.3 Å². The Bertz CT molecular complexity index is 609. The van der Waals surface area contributed by atoms with E-state index >= 15 is 0 Å². The minimum Gasteiger partial charge on any atom is -0.337 e. The number of aromatic nitrogens is 1. The number of thiazole rings is 1. The van der Waals surface area contributed by atoms with Gasteiger partial charge in [0, 0.05) is 24.9 Å². The van der Waals surface area contributed by atoms with Crippen LogP contribution in [0.15, 0.2) is 35.7 Å². The predicted molar refractivity (Wildman–Crippen MR) is 96.9 cm³/mol. The molecule has 124 valence electrons. The molecule has 23 heavy (non-hydrogen) atoms. The molecule has 2 aromatic rings. The second-order valence-electron chi connectivity index (χ2n) is 6.79. The molecule has 0 bridgehead atoms. The molecule has 0 unspecified atom stereocenters. The lowest BCUT2D eigenvalue weighted by atomic mass is 10.1. The van der Waals surface area contributed by atoms with Crippen LogP contribution in [0.1, 0.15) is 48.8 Å². The third-order valence-electron chi connectivity index (χ3n) is 3.43. The summed E-state index contributed by atoms with van der Waals surface area (Å²) >= 11 is 1.57. The number of amides is 1. The Morgan fingerprint density at radius 1 is 1.09 bits per heavy atom. The minimum atomic E-state index is 0.0583. The maximum atomic E-state index is 12.8. The van der Waals surface area contributed by atoms with Gasteiger partial charge in [0.1, 0.15) is 5.69 Å². The Labute approximate surface area is 143 Å². The van der Waals surface area contributed by atoms with Crippen LogP contribution < -0.4 is 0 Å².